The van der Waals surface area contributed by atoms with E-state index < -0.39 is 0 Å². The Bertz CT molecular complexity index is 431. The Morgan fingerprint density at radius 1 is 1.69 bits per heavy atom. The number of hydrogen-bond acceptors (Lipinski definition) is 5. The van der Waals surface area contributed by atoms with Crippen molar-refractivity contribution >= 4 is 29.3 Å². The molecule has 0 aliphatic carbocycles. The number of carbonyl (C=O) groups is 1. The van der Waals surface area contributed by atoms with Crippen molar-refractivity contribution in [3.8, 4) is 6.07 Å². The smallest absolute Gasteiger partial charge is 0.316 e. The highest BCUT2D eigenvalue weighted by molar-refractivity contribution is 7.99. The van der Waals surface area contributed by atoms with E-state index >= 15 is 0 Å². The molecule has 4 nitrogen and oxygen atoms in total. The Balaban J connectivity index is 2.64. The lowest BCUT2D eigenvalue weighted by Crippen LogP contribution is -2.06. The maximum Gasteiger partial charge on any atom is 0.316 e. The molecule has 0 radical (unpaired) electrons. The van der Waals surface area contributed by atoms with Gasteiger partial charge in [-0.25, -0.2) is 4.98 Å². The lowest BCUT2D eigenvalue weighted by Gasteiger charge is -2.02. The molecule has 0 atom stereocenters. The van der Waals surface area contributed by atoms with E-state index in [2.05, 4.69) is 4.98 Å². The first kappa shape index (κ1) is 12.8. The fourth-order valence-electron chi connectivity index (χ4n) is 0.947. The number of nitriles is 1. The molecular formula is C10H9ClN2O2S. The van der Waals surface area contributed by atoms with Gasteiger partial charge in [0.15, 0.2) is 0 Å². The molecule has 6 heteroatoms. The second kappa shape index (κ2) is 6.36. The molecule has 1 aromatic heterocycles. The lowest BCUT2D eigenvalue weighted by molar-refractivity contribution is -0.139. The minimum atomic E-state index is -0.312. The average molecular weight is 257 g/mol. The molecule has 0 saturated heterocycles. The number of carbonyl (C=O) groups excluding carboxylic acids is 1. The third kappa shape index (κ3) is 4.09. The third-order valence-corrected chi connectivity index (χ3v) is 2.62. The van der Waals surface area contributed by atoms with Crippen molar-refractivity contribution in [2.75, 3.05) is 12.4 Å². The van der Waals surface area contributed by atoms with Crippen molar-refractivity contribution in [2.45, 2.75) is 11.9 Å². The monoisotopic (exact) mass is 256 g/mol. The number of rotatable bonds is 4. The van der Waals surface area contributed by atoms with Crippen LogP contribution in [-0.4, -0.2) is 23.3 Å². The van der Waals surface area contributed by atoms with Gasteiger partial charge in [0.25, 0.3) is 0 Å². The number of aromatic nitrogens is 1. The molecule has 16 heavy (non-hydrogen) atoms. The molecule has 0 bridgehead atoms. The van der Waals surface area contributed by atoms with E-state index in [1.165, 1.54) is 17.8 Å². The highest BCUT2D eigenvalue weighted by atomic mass is 35.5. The summed E-state index contributed by atoms with van der Waals surface area (Å²) < 4.78 is 4.76. The van der Waals surface area contributed by atoms with Crippen molar-refractivity contribution in [1.29, 1.82) is 5.26 Å². The molecule has 0 amide bonds. The second-order valence-corrected chi connectivity index (χ2v) is 4.11. The Kier molecular flexibility index (Phi) is 5.09. The van der Waals surface area contributed by atoms with Gasteiger partial charge >= 0.3 is 5.97 Å². The van der Waals surface area contributed by atoms with Crippen LogP contribution in [0.3, 0.4) is 0 Å². The van der Waals surface area contributed by atoms with E-state index in [1.807, 2.05) is 6.07 Å². The van der Waals surface area contributed by atoms with Gasteiger partial charge in [-0.3, -0.25) is 4.79 Å². The summed E-state index contributed by atoms with van der Waals surface area (Å²) in [6.45, 7) is 2.10. The summed E-state index contributed by atoms with van der Waals surface area (Å²) in [7, 11) is 0. The molecule has 0 aliphatic rings. The van der Waals surface area contributed by atoms with Crippen molar-refractivity contribution < 1.29 is 9.53 Å². The Morgan fingerprint density at radius 2 is 2.44 bits per heavy atom. The van der Waals surface area contributed by atoms with Crippen LogP contribution < -0.4 is 0 Å². The van der Waals surface area contributed by atoms with Crippen LogP contribution in [0, 0.1) is 11.3 Å². The van der Waals surface area contributed by atoms with Gasteiger partial charge in [-0.1, -0.05) is 23.4 Å². The summed E-state index contributed by atoms with van der Waals surface area (Å²) in [5, 5.41) is 9.49. The first-order valence-electron chi connectivity index (χ1n) is 4.51. The second-order valence-electron chi connectivity index (χ2n) is 2.72. The molecule has 1 aromatic rings. The maximum absolute atomic E-state index is 11.1. The number of pyridine rings is 1. The van der Waals surface area contributed by atoms with Gasteiger partial charge < -0.3 is 4.74 Å². The number of ether oxygens (including phenoxy) is 1. The van der Waals surface area contributed by atoms with E-state index in [-0.39, 0.29) is 16.9 Å². The first-order chi connectivity index (χ1) is 7.65. The molecule has 0 fully saturated rings. The average Bonchev–Trinajstić information content (AvgIpc) is 2.26. The fraction of sp³-hybridized carbons (Fsp3) is 0.300. The quantitative estimate of drug-likeness (QED) is 0.470. The zero-order valence-electron chi connectivity index (χ0n) is 8.57. The molecule has 0 saturated carbocycles. The highest BCUT2D eigenvalue weighted by Crippen LogP contribution is 2.20. The maximum atomic E-state index is 11.1. The Hall–Kier alpha value is -1.25. The zero-order valence-corrected chi connectivity index (χ0v) is 10.1. The van der Waals surface area contributed by atoms with Crippen LogP contribution in [0.25, 0.3) is 0 Å². The summed E-state index contributed by atoms with van der Waals surface area (Å²) in [5.74, 6) is -0.153. The van der Waals surface area contributed by atoms with E-state index in [0.717, 1.165) is 0 Å². The molecule has 1 heterocycles. The van der Waals surface area contributed by atoms with Crippen LogP contribution in [0.5, 0.6) is 0 Å². The molecule has 0 spiro atoms. The minimum Gasteiger partial charge on any atom is -0.465 e. The van der Waals surface area contributed by atoms with Crippen molar-refractivity contribution in [2.24, 2.45) is 0 Å². The Morgan fingerprint density at radius 3 is 3.06 bits per heavy atom. The fourth-order valence-corrected chi connectivity index (χ4v) is 1.93. The van der Waals surface area contributed by atoms with Gasteiger partial charge in [0.05, 0.1) is 29.0 Å². The zero-order chi connectivity index (χ0) is 12.0. The van der Waals surface area contributed by atoms with Gasteiger partial charge in [-0.05, 0) is 19.1 Å². The highest BCUT2D eigenvalue weighted by Gasteiger charge is 2.06. The molecule has 0 aromatic carbocycles. The standard InChI is InChI=1S/C10H9ClN2O2S/c1-2-15-10(14)6-16-9-4-7(5-12)3-8(11)13-9/h3-4H,2,6H2,1H3. The van der Waals surface area contributed by atoms with E-state index in [4.69, 9.17) is 21.6 Å². The Labute approximate surface area is 103 Å². The first-order valence-corrected chi connectivity index (χ1v) is 5.88. The SMILES string of the molecule is CCOC(=O)CSc1cc(C#N)cc(Cl)n1. The largest absolute Gasteiger partial charge is 0.465 e. The number of esters is 1. The summed E-state index contributed by atoms with van der Waals surface area (Å²) in [6.07, 6.45) is 0. The molecule has 0 N–H and O–H groups in total. The number of hydrogen-bond donors (Lipinski definition) is 0. The van der Waals surface area contributed by atoms with Crippen LogP contribution >= 0.6 is 23.4 Å². The van der Waals surface area contributed by atoms with Crippen molar-refractivity contribution in [3.63, 3.8) is 0 Å². The van der Waals surface area contributed by atoms with E-state index in [9.17, 15) is 4.79 Å². The van der Waals surface area contributed by atoms with Crippen LogP contribution in [0.15, 0.2) is 17.2 Å². The summed E-state index contributed by atoms with van der Waals surface area (Å²) >= 11 is 6.90. The van der Waals surface area contributed by atoms with Crippen LogP contribution in [-0.2, 0) is 9.53 Å². The predicted octanol–water partition coefficient (Wildman–Crippen LogP) is 2.26. The molecule has 0 unspecified atom stereocenters. The van der Waals surface area contributed by atoms with E-state index in [0.29, 0.717) is 17.2 Å². The topological polar surface area (TPSA) is 63.0 Å². The van der Waals surface area contributed by atoms with Crippen molar-refractivity contribution in [3.05, 3.63) is 22.8 Å². The molecule has 0 aliphatic heterocycles. The van der Waals surface area contributed by atoms with E-state index in [1.54, 1.807) is 13.0 Å². The number of nitrogens with zero attached hydrogens (tertiary/aromatic N) is 2. The van der Waals surface area contributed by atoms with Crippen molar-refractivity contribution in [1.82, 2.24) is 4.98 Å². The number of thioether (sulfide) groups is 1. The lowest BCUT2D eigenvalue weighted by atomic mass is 10.3. The summed E-state index contributed by atoms with van der Waals surface area (Å²) in [5.41, 5.74) is 0.423. The van der Waals surface area contributed by atoms with Crippen LogP contribution in [0.2, 0.25) is 5.15 Å². The number of halogens is 1. The van der Waals surface area contributed by atoms with Gasteiger partial charge in [-0.15, -0.1) is 0 Å². The molecular weight excluding hydrogens is 248 g/mol. The van der Waals surface area contributed by atoms with Gasteiger partial charge in [0.2, 0.25) is 0 Å². The van der Waals surface area contributed by atoms with Gasteiger partial charge in [-0.2, -0.15) is 5.26 Å². The van der Waals surface area contributed by atoms with Gasteiger partial charge in [0, 0.05) is 0 Å². The minimum absolute atomic E-state index is 0.159. The summed E-state index contributed by atoms with van der Waals surface area (Å²) in [4.78, 5) is 15.1. The predicted molar refractivity (Wildman–Crippen MR) is 61.3 cm³/mol. The normalized spacial score (nSPS) is 9.56. The third-order valence-electron chi connectivity index (χ3n) is 1.54. The van der Waals surface area contributed by atoms with Crippen LogP contribution in [0.4, 0.5) is 0 Å². The van der Waals surface area contributed by atoms with Gasteiger partial charge in [0.1, 0.15) is 5.15 Å². The van der Waals surface area contributed by atoms with Crippen LogP contribution in [0.1, 0.15) is 12.5 Å². The summed E-state index contributed by atoms with van der Waals surface area (Å²) in [6, 6.07) is 5.01. The molecule has 84 valence electrons. The molecule has 1 rings (SSSR count).